The van der Waals surface area contributed by atoms with Crippen molar-refractivity contribution >= 4 is 11.9 Å². The lowest BCUT2D eigenvalue weighted by atomic mass is 9.96. The molecule has 1 aliphatic heterocycles. The molecule has 1 rings (SSSR count). The lowest BCUT2D eigenvalue weighted by Crippen LogP contribution is -2.51. The second-order valence-corrected chi connectivity index (χ2v) is 4.64. The van der Waals surface area contributed by atoms with Gasteiger partial charge in [0.1, 0.15) is 5.60 Å². The van der Waals surface area contributed by atoms with E-state index in [-0.39, 0.29) is 5.91 Å². The number of carboxylic acids is 1. The Kier molecular flexibility index (Phi) is 3.91. The maximum absolute atomic E-state index is 12.0. The molecule has 0 bridgehead atoms. The number of carbonyl (C=O) groups excluding carboxylic acids is 1. The van der Waals surface area contributed by atoms with Crippen LogP contribution in [-0.2, 0) is 14.3 Å². The van der Waals surface area contributed by atoms with E-state index >= 15 is 0 Å². The van der Waals surface area contributed by atoms with E-state index in [4.69, 9.17) is 9.84 Å². The molecule has 1 N–H and O–H groups in total. The molecule has 0 unspecified atom stereocenters. The van der Waals surface area contributed by atoms with Crippen LogP contribution in [0.3, 0.4) is 0 Å². The number of hydrogen-bond acceptors (Lipinski definition) is 3. The molecule has 0 radical (unpaired) electrons. The minimum Gasteiger partial charge on any atom is -0.481 e. The largest absolute Gasteiger partial charge is 0.481 e. The van der Waals surface area contributed by atoms with Gasteiger partial charge in [0.15, 0.2) is 0 Å². The number of rotatable bonds is 3. The van der Waals surface area contributed by atoms with Crippen molar-refractivity contribution in [1.82, 2.24) is 4.90 Å². The topological polar surface area (TPSA) is 66.8 Å². The molecule has 92 valence electrons. The van der Waals surface area contributed by atoms with Crippen molar-refractivity contribution in [2.24, 2.45) is 5.92 Å². The Bertz CT molecular complexity index is 288. The predicted octanol–water partition coefficient (Wildman–Crippen LogP) is 0.735. The second kappa shape index (κ2) is 4.82. The number of carbonyl (C=O) groups is 2. The summed E-state index contributed by atoms with van der Waals surface area (Å²) in [5.74, 6) is -1.40. The van der Waals surface area contributed by atoms with Crippen LogP contribution in [0.1, 0.15) is 26.7 Å². The highest BCUT2D eigenvalue weighted by atomic mass is 16.5. The SMILES string of the molecule is COC(C)(C)C(=O)N1CCC[C@H](C(=O)O)C1. The van der Waals surface area contributed by atoms with E-state index in [0.29, 0.717) is 19.5 Å². The lowest BCUT2D eigenvalue weighted by Gasteiger charge is -2.35. The second-order valence-electron chi connectivity index (χ2n) is 4.64. The molecular weight excluding hydrogens is 210 g/mol. The first-order chi connectivity index (χ1) is 7.38. The average Bonchev–Trinajstić information content (AvgIpc) is 2.28. The average molecular weight is 229 g/mol. The quantitative estimate of drug-likeness (QED) is 0.775. The molecular formula is C11H19NO4. The van der Waals surface area contributed by atoms with E-state index < -0.39 is 17.5 Å². The fraction of sp³-hybridized carbons (Fsp3) is 0.818. The highest BCUT2D eigenvalue weighted by Crippen LogP contribution is 2.21. The zero-order chi connectivity index (χ0) is 12.3. The van der Waals surface area contributed by atoms with E-state index in [1.54, 1.807) is 18.7 Å². The molecule has 0 aromatic rings. The third-order valence-corrected chi connectivity index (χ3v) is 3.08. The molecule has 1 amide bonds. The van der Waals surface area contributed by atoms with Gasteiger partial charge in [-0.3, -0.25) is 9.59 Å². The van der Waals surface area contributed by atoms with Crippen molar-refractivity contribution in [3.05, 3.63) is 0 Å². The fourth-order valence-electron chi connectivity index (χ4n) is 1.83. The van der Waals surface area contributed by atoms with Gasteiger partial charge in [-0.2, -0.15) is 0 Å². The number of ether oxygens (including phenoxy) is 1. The summed E-state index contributed by atoms with van der Waals surface area (Å²) in [7, 11) is 1.48. The molecule has 0 aromatic carbocycles. The van der Waals surface area contributed by atoms with Crippen LogP contribution in [0.15, 0.2) is 0 Å². The summed E-state index contributed by atoms with van der Waals surface area (Å²) in [6.07, 6.45) is 1.38. The van der Waals surface area contributed by atoms with Crippen LogP contribution >= 0.6 is 0 Å². The fourth-order valence-corrected chi connectivity index (χ4v) is 1.83. The van der Waals surface area contributed by atoms with Crippen LogP contribution in [0.2, 0.25) is 0 Å². The molecule has 1 heterocycles. The number of piperidine rings is 1. The number of likely N-dealkylation sites (tertiary alicyclic amines) is 1. The smallest absolute Gasteiger partial charge is 0.308 e. The summed E-state index contributed by atoms with van der Waals surface area (Å²) >= 11 is 0. The van der Waals surface area contributed by atoms with Gasteiger partial charge in [-0.15, -0.1) is 0 Å². The van der Waals surface area contributed by atoms with Crippen molar-refractivity contribution in [2.45, 2.75) is 32.3 Å². The van der Waals surface area contributed by atoms with Gasteiger partial charge in [0, 0.05) is 20.2 Å². The summed E-state index contributed by atoms with van der Waals surface area (Å²) in [5.41, 5.74) is -0.875. The number of amides is 1. The molecule has 0 aliphatic carbocycles. The van der Waals surface area contributed by atoms with Crippen molar-refractivity contribution in [3.8, 4) is 0 Å². The Morgan fingerprint density at radius 1 is 1.44 bits per heavy atom. The maximum Gasteiger partial charge on any atom is 0.308 e. The summed E-state index contributed by atoms with van der Waals surface area (Å²) < 4.78 is 5.11. The van der Waals surface area contributed by atoms with Crippen LogP contribution in [0.25, 0.3) is 0 Å². The Labute approximate surface area is 95.4 Å². The first-order valence-electron chi connectivity index (χ1n) is 5.46. The lowest BCUT2D eigenvalue weighted by molar-refractivity contribution is -0.155. The van der Waals surface area contributed by atoms with Crippen LogP contribution in [0.5, 0.6) is 0 Å². The maximum atomic E-state index is 12.0. The number of aliphatic carboxylic acids is 1. The van der Waals surface area contributed by atoms with Gasteiger partial charge in [0.05, 0.1) is 5.92 Å². The first-order valence-corrected chi connectivity index (χ1v) is 5.46. The van der Waals surface area contributed by atoms with Crippen molar-refractivity contribution in [2.75, 3.05) is 20.2 Å². The number of methoxy groups -OCH3 is 1. The number of hydrogen-bond donors (Lipinski definition) is 1. The van der Waals surface area contributed by atoms with Crippen LogP contribution < -0.4 is 0 Å². The van der Waals surface area contributed by atoms with E-state index in [1.807, 2.05) is 0 Å². The van der Waals surface area contributed by atoms with Gasteiger partial charge >= 0.3 is 5.97 Å². The van der Waals surface area contributed by atoms with E-state index in [0.717, 1.165) is 6.42 Å². The molecule has 1 aliphatic rings. The summed E-state index contributed by atoms with van der Waals surface area (Å²) in [4.78, 5) is 24.5. The number of nitrogens with zero attached hydrogens (tertiary/aromatic N) is 1. The minimum absolute atomic E-state index is 0.138. The molecule has 0 spiro atoms. The van der Waals surface area contributed by atoms with E-state index in [1.165, 1.54) is 7.11 Å². The molecule has 5 nitrogen and oxygen atoms in total. The Balaban J connectivity index is 2.67. The first kappa shape index (κ1) is 13.0. The van der Waals surface area contributed by atoms with Crippen LogP contribution in [0.4, 0.5) is 0 Å². The summed E-state index contributed by atoms with van der Waals surface area (Å²) in [5, 5.41) is 8.93. The zero-order valence-corrected chi connectivity index (χ0v) is 10.0. The monoisotopic (exact) mass is 229 g/mol. The molecule has 5 heteroatoms. The van der Waals surface area contributed by atoms with E-state index in [2.05, 4.69) is 0 Å². The minimum atomic E-state index is -0.875. The van der Waals surface area contributed by atoms with Gasteiger partial charge in [-0.25, -0.2) is 0 Å². The predicted molar refractivity (Wildman–Crippen MR) is 58.0 cm³/mol. The third kappa shape index (κ3) is 2.72. The summed E-state index contributed by atoms with van der Waals surface area (Å²) in [6.45, 7) is 4.30. The van der Waals surface area contributed by atoms with Gasteiger partial charge in [0.25, 0.3) is 5.91 Å². The number of carboxylic acid groups (broad SMARTS) is 1. The van der Waals surface area contributed by atoms with Crippen LogP contribution in [0, 0.1) is 5.92 Å². The standard InChI is InChI=1S/C11H19NO4/c1-11(2,16-3)10(15)12-6-4-5-8(7-12)9(13)14/h8H,4-7H2,1-3H3,(H,13,14)/t8-/m0/s1. The summed E-state index contributed by atoms with van der Waals surface area (Å²) in [6, 6.07) is 0. The molecule has 0 saturated carbocycles. The normalized spacial score (nSPS) is 21.9. The zero-order valence-electron chi connectivity index (χ0n) is 10.0. The van der Waals surface area contributed by atoms with E-state index in [9.17, 15) is 9.59 Å². The van der Waals surface area contributed by atoms with Crippen molar-refractivity contribution in [1.29, 1.82) is 0 Å². The highest BCUT2D eigenvalue weighted by molar-refractivity contribution is 5.85. The Morgan fingerprint density at radius 2 is 2.06 bits per heavy atom. The Morgan fingerprint density at radius 3 is 2.56 bits per heavy atom. The molecule has 16 heavy (non-hydrogen) atoms. The highest BCUT2D eigenvalue weighted by Gasteiger charge is 2.35. The van der Waals surface area contributed by atoms with Gasteiger partial charge in [-0.1, -0.05) is 0 Å². The molecule has 1 saturated heterocycles. The van der Waals surface area contributed by atoms with Crippen molar-refractivity contribution < 1.29 is 19.4 Å². The van der Waals surface area contributed by atoms with Crippen molar-refractivity contribution in [3.63, 3.8) is 0 Å². The Hall–Kier alpha value is -1.10. The third-order valence-electron chi connectivity index (χ3n) is 3.08. The van der Waals surface area contributed by atoms with Gasteiger partial charge in [0.2, 0.25) is 0 Å². The van der Waals surface area contributed by atoms with Crippen LogP contribution in [-0.4, -0.2) is 47.7 Å². The molecule has 1 atom stereocenters. The van der Waals surface area contributed by atoms with Gasteiger partial charge < -0.3 is 14.7 Å². The molecule has 0 aromatic heterocycles. The molecule has 1 fully saturated rings. The van der Waals surface area contributed by atoms with Gasteiger partial charge in [-0.05, 0) is 26.7 Å².